The molecule has 41 heavy (non-hydrogen) atoms. The number of carbonyl (C=O) groups is 2. The molecule has 3 aromatic rings. The van der Waals surface area contributed by atoms with Gasteiger partial charge in [-0.15, -0.1) is 16.7 Å². The Morgan fingerprint density at radius 3 is 2.32 bits per heavy atom. The van der Waals surface area contributed by atoms with Crippen LogP contribution in [-0.2, 0) is 30.7 Å². The number of esters is 1. The van der Waals surface area contributed by atoms with Gasteiger partial charge in [0.25, 0.3) is 10.0 Å². The maximum absolute atomic E-state index is 14.2. The van der Waals surface area contributed by atoms with Crippen LogP contribution >= 0.6 is 23.2 Å². The molecule has 0 saturated heterocycles. The van der Waals surface area contributed by atoms with Gasteiger partial charge in [0, 0.05) is 17.1 Å². The number of hydrogen-bond donors (Lipinski definition) is 2. The largest absolute Gasteiger partial charge is 0.465 e. The summed E-state index contributed by atoms with van der Waals surface area (Å²) in [4.78, 5) is 34.4. The predicted octanol–water partition coefficient (Wildman–Crippen LogP) is 3.56. The Morgan fingerprint density at radius 1 is 1.20 bits per heavy atom. The molecule has 0 aliphatic heterocycles. The summed E-state index contributed by atoms with van der Waals surface area (Å²) in [5, 5.41) is 2.52. The fourth-order valence-electron chi connectivity index (χ4n) is 3.12. The Morgan fingerprint density at radius 2 is 1.80 bits per heavy atom. The highest BCUT2D eigenvalue weighted by Gasteiger charge is 2.23. The highest BCUT2D eigenvalue weighted by Crippen LogP contribution is 2.25. The Labute approximate surface area is 241 Å². The summed E-state index contributed by atoms with van der Waals surface area (Å²) >= 11 is 11.9. The molecule has 1 unspecified atom stereocenters. The zero-order chi connectivity index (χ0) is 31.1. The number of amides is 1. The van der Waals surface area contributed by atoms with E-state index in [2.05, 4.69) is 9.84 Å². The summed E-state index contributed by atoms with van der Waals surface area (Å²) < 4.78 is 74.3. The number of alkyl halides is 3. The lowest BCUT2D eigenvalue weighted by atomic mass is 10.1. The maximum atomic E-state index is 14.2. The Bertz CT molecular complexity index is 1560. The molecule has 1 atom stereocenters. The molecule has 0 spiro atoms. The molecular formula is C23H24Cl2F3N5O7S. The zero-order valence-corrected chi connectivity index (χ0v) is 23.9. The Balaban J connectivity index is 0.000000333. The van der Waals surface area contributed by atoms with Crippen molar-refractivity contribution in [2.45, 2.75) is 37.1 Å². The Hall–Kier alpha value is -3.76. The van der Waals surface area contributed by atoms with Gasteiger partial charge in [0.05, 0.1) is 18.6 Å². The minimum Gasteiger partial charge on any atom is -0.465 e. The second-order valence-electron chi connectivity index (χ2n) is 7.87. The minimum absolute atomic E-state index is 0.0424. The van der Waals surface area contributed by atoms with Crippen molar-refractivity contribution in [2.75, 3.05) is 19.5 Å². The number of rotatable bonds is 8. The molecule has 18 heteroatoms. The third-order valence-electron chi connectivity index (χ3n) is 5.05. The van der Waals surface area contributed by atoms with Gasteiger partial charge in [-0.3, -0.25) is 4.79 Å². The van der Waals surface area contributed by atoms with Gasteiger partial charge in [0.1, 0.15) is 16.9 Å². The number of ether oxygens (including phenoxy) is 2. The molecule has 0 aliphatic carbocycles. The van der Waals surface area contributed by atoms with Crippen LogP contribution < -0.4 is 16.1 Å². The van der Waals surface area contributed by atoms with Crippen molar-refractivity contribution in [3.63, 3.8) is 0 Å². The number of aryl methyl sites for hydroxylation is 1. The van der Waals surface area contributed by atoms with E-state index in [0.717, 1.165) is 19.2 Å². The van der Waals surface area contributed by atoms with Gasteiger partial charge in [0.15, 0.2) is 5.82 Å². The molecule has 3 rings (SSSR count). The van der Waals surface area contributed by atoms with Gasteiger partial charge < -0.3 is 15.2 Å². The van der Waals surface area contributed by atoms with Crippen molar-refractivity contribution in [1.82, 2.24) is 19.1 Å². The fraction of sp³-hybridized carbons (Fsp3) is 0.304. The van der Waals surface area contributed by atoms with Gasteiger partial charge in [-0.25, -0.2) is 31.7 Å². The summed E-state index contributed by atoms with van der Waals surface area (Å²) in [5.74, 6) is -1.92. The van der Waals surface area contributed by atoms with Crippen LogP contribution in [0.25, 0.3) is 5.69 Å². The molecular weight excluding hydrogens is 618 g/mol. The molecule has 1 heterocycles. The number of nitrogens with zero attached hydrogens (tertiary/aromatic N) is 3. The molecule has 0 saturated carbocycles. The van der Waals surface area contributed by atoms with Crippen LogP contribution in [0.1, 0.15) is 24.9 Å². The smallest absolute Gasteiger partial charge is 0.420 e. The van der Waals surface area contributed by atoms with Crippen LogP contribution in [0.4, 0.5) is 23.7 Å². The molecule has 0 aliphatic rings. The predicted molar refractivity (Wildman–Crippen MR) is 142 cm³/mol. The highest BCUT2D eigenvalue weighted by atomic mass is 35.5. The monoisotopic (exact) mass is 641 g/mol. The van der Waals surface area contributed by atoms with E-state index >= 15 is 0 Å². The zero-order valence-electron chi connectivity index (χ0n) is 21.6. The number of methoxy groups -OCH3 is 1. The molecule has 0 bridgehead atoms. The number of carbonyl (C=O) groups excluding carboxylic acids is 2. The van der Waals surface area contributed by atoms with Crippen LogP contribution in [0.15, 0.2) is 46.1 Å². The first kappa shape index (κ1) is 33.4. The van der Waals surface area contributed by atoms with Crippen molar-refractivity contribution < 1.29 is 40.7 Å². The van der Waals surface area contributed by atoms with Crippen molar-refractivity contribution in [3.8, 4) is 5.69 Å². The number of aromatic nitrogens is 3. The van der Waals surface area contributed by atoms with E-state index in [0.29, 0.717) is 10.4 Å². The van der Waals surface area contributed by atoms with E-state index in [1.807, 2.05) is 0 Å². The number of halogens is 5. The molecule has 0 fully saturated rings. The normalized spacial score (nSPS) is 11.8. The van der Waals surface area contributed by atoms with Gasteiger partial charge in [-0.1, -0.05) is 11.6 Å². The topological polar surface area (TPSA) is 165 Å². The van der Waals surface area contributed by atoms with Crippen LogP contribution in [-0.4, -0.2) is 53.9 Å². The number of benzene rings is 2. The number of nitrogens with one attached hydrogen (secondary N) is 1. The lowest BCUT2D eigenvalue weighted by molar-refractivity contribution is -0.142. The Kier molecular flexibility index (Phi) is 11.6. The number of nitrogens with two attached hydrogens (primary N) is 1. The fourth-order valence-corrected chi connectivity index (χ4v) is 4.50. The first-order valence-electron chi connectivity index (χ1n) is 11.3. The van der Waals surface area contributed by atoms with Crippen molar-refractivity contribution >= 4 is 51.0 Å². The number of hydrogen-bond acceptors (Lipinski definition) is 9. The average Bonchev–Trinajstić information content (AvgIpc) is 3.19. The van der Waals surface area contributed by atoms with Crippen LogP contribution in [0.3, 0.4) is 0 Å². The standard InChI is InChI=1S/C15H14Cl2F3N3O3.C8H10N2O4S/c1-3-26-13(24)10(17)4-8-5-12(11(18)6-9(8)16)23-15(25)22(14(19)20)7(2)21-23;1-14-8(11)10-15(12,13)7-4-2-6(9)3-5-7/h5-6,10,14H,3-4H2,1-2H3;2-5H,9H2,1H3,(H,10,11). The molecule has 12 nitrogen and oxygen atoms in total. The van der Waals surface area contributed by atoms with E-state index in [9.17, 15) is 36.0 Å². The second-order valence-corrected chi connectivity index (χ2v) is 10.5. The second kappa shape index (κ2) is 14.2. The molecule has 1 aromatic heterocycles. The van der Waals surface area contributed by atoms with Crippen molar-refractivity contribution in [3.05, 3.63) is 69.1 Å². The SMILES string of the molecule is CCOC(=O)C(Cl)Cc1cc(-n2nc(C)n(C(F)F)c2=O)c(F)cc1Cl.COC(=O)NS(=O)(=O)c1ccc(N)cc1. The lowest BCUT2D eigenvalue weighted by Gasteiger charge is -2.12. The number of sulfonamides is 1. The minimum atomic E-state index is -3.87. The molecule has 1 amide bonds. The van der Waals surface area contributed by atoms with E-state index in [1.54, 1.807) is 11.6 Å². The van der Waals surface area contributed by atoms with Gasteiger partial charge >= 0.3 is 24.3 Å². The third kappa shape index (κ3) is 8.61. The van der Waals surface area contributed by atoms with Crippen LogP contribution in [0, 0.1) is 12.7 Å². The van der Waals surface area contributed by atoms with Crippen molar-refractivity contribution in [2.24, 2.45) is 0 Å². The maximum Gasteiger partial charge on any atom is 0.420 e. The summed E-state index contributed by atoms with van der Waals surface area (Å²) in [6.45, 7) is -0.195. The van der Waals surface area contributed by atoms with E-state index in [4.69, 9.17) is 33.7 Å². The third-order valence-corrected chi connectivity index (χ3v) is 7.07. The molecule has 2 aromatic carbocycles. The first-order valence-corrected chi connectivity index (χ1v) is 13.6. The summed E-state index contributed by atoms with van der Waals surface area (Å²) in [6.07, 6.45) is -1.15. The molecule has 224 valence electrons. The van der Waals surface area contributed by atoms with Gasteiger partial charge in [-0.05, 0) is 55.8 Å². The van der Waals surface area contributed by atoms with Gasteiger partial charge in [0.2, 0.25) is 0 Å². The van der Waals surface area contributed by atoms with Crippen molar-refractivity contribution in [1.29, 1.82) is 0 Å². The summed E-state index contributed by atoms with van der Waals surface area (Å²) in [6, 6.07) is 7.46. The van der Waals surface area contributed by atoms with E-state index < -0.39 is 45.5 Å². The quantitative estimate of drug-likeness (QED) is 0.212. The van der Waals surface area contributed by atoms with E-state index in [1.165, 1.54) is 31.2 Å². The molecule has 0 radical (unpaired) electrons. The van der Waals surface area contributed by atoms with Crippen LogP contribution in [0.2, 0.25) is 5.02 Å². The van der Waals surface area contributed by atoms with Gasteiger partial charge in [-0.2, -0.15) is 13.5 Å². The lowest BCUT2D eigenvalue weighted by Crippen LogP contribution is -2.30. The first-order chi connectivity index (χ1) is 19.1. The number of anilines is 1. The number of nitrogen functional groups attached to an aromatic ring is 1. The summed E-state index contributed by atoms with van der Waals surface area (Å²) in [7, 11) is -2.79. The van der Waals surface area contributed by atoms with Crippen LogP contribution in [0.5, 0.6) is 0 Å². The van der Waals surface area contributed by atoms with E-state index in [-0.39, 0.29) is 44.6 Å². The summed E-state index contributed by atoms with van der Waals surface area (Å²) in [5.41, 5.74) is 4.46. The molecule has 3 N–H and O–H groups in total. The average molecular weight is 642 g/mol. The highest BCUT2D eigenvalue weighted by molar-refractivity contribution is 7.90.